The predicted octanol–water partition coefficient (Wildman–Crippen LogP) is 3.95. The van der Waals surface area contributed by atoms with Gasteiger partial charge in [-0.3, -0.25) is 4.90 Å². The monoisotopic (exact) mass is 370 g/mol. The van der Waals surface area contributed by atoms with E-state index in [0.717, 1.165) is 24.2 Å². The van der Waals surface area contributed by atoms with Gasteiger partial charge in [0.1, 0.15) is 0 Å². The molecule has 1 amide bonds. The molecule has 6 nitrogen and oxygen atoms in total. The highest BCUT2D eigenvalue weighted by Gasteiger charge is 2.32. The molecule has 7 heteroatoms. The van der Waals surface area contributed by atoms with Crippen molar-refractivity contribution in [2.45, 2.75) is 31.7 Å². The number of carbonyl (C=O) groups excluding carboxylic acids is 1. The summed E-state index contributed by atoms with van der Waals surface area (Å²) in [7, 11) is 1.65. The van der Waals surface area contributed by atoms with Crippen LogP contribution in [0.15, 0.2) is 48.7 Å². The lowest BCUT2D eigenvalue weighted by molar-refractivity contribution is 0.207. The van der Waals surface area contributed by atoms with Crippen LogP contribution >= 0.6 is 12.2 Å². The standard InChI is InChI=1S/C19H22N4O2S/c1-19(11-6-12-19)22-17(26)21-14-9-10-16(20-13-14)25-18(24)23(2)15-7-4-3-5-8-15/h3-5,7-10,13H,6,11-12H2,1-2H3,(H2,21,22,26). The van der Waals surface area contributed by atoms with Crippen molar-refractivity contribution in [2.75, 3.05) is 17.3 Å². The van der Waals surface area contributed by atoms with E-state index in [-0.39, 0.29) is 11.4 Å². The number of nitrogens with zero attached hydrogens (tertiary/aromatic N) is 2. The van der Waals surface area contributed by atoms with Crippen LogP contribution in [0, 0.1) is 0 Å². The lowest BCUT2D eigenvalue weighted by Gasteiger charge is -2.40. The fourth-order valence-electron chi connectivity index (χ4n) is 2.70. The molecule has 1 aliphatic rings. The number of thiocarbonyl (C=S) groups is 1. The minimum absolute atomic E-state index is 0.0923. The van der Waals surface area contributed by atoms with E-state index < -0.39 is 6.09 Å². The molecule has 0 aliphatic heterocycles. The van der Waals surface area contributed by atoms with Crippen LogP contribution in [0.4, 0.5) is 16.2 Å². The van der Waals surface area contributed by atoms with Gasteiger partial charge in [0.25, 0.3) is 0 Å². The number of ether oxygens (including phenoxy) is 1. The van der Waals surface area contributed by atoms with Gasteiger partial charge in [-0.1, -0.05) is 18.2 Å². The molecule has 1 heterocycles. The molecule has 1 fully saturated rings. The molecule has 2 N–H and O–H groups in total. The second-order valence-corrected chi connectivity index (χ2v) is 7.05. The van der Waals surface area contributed by atoms with Gasteiger partial charge in [-0.25, -0.2) is 9.78 Å². The smallest absolute Gasteiger partial charge is 0.391 e. The van der Waals surface area contributed by atoms with E-state index in [9.17, 15) is 4.79 Å². The molecular weight excluding hydrogens is 348 g/mol. The van der Waals surface area contributed by atoms with Crippen LogP contribution in [0.25, 0.3) is 0 Å². The van der Waals surface area contributed by atoms with Crippen molar-refractivity contribution >= 4 is 34.8 Å². The number of anilines is 2. The molecule has 0 spiro atoms. The SMILES string of the molecule is CN(C(=O)Oc1ccc(NC(=S)NC2(C)CCC2)cn1)c1ccccc1. The first-order chi connectivity index (χ1) is 12.5. The van der Waals surface area contributed by atoms with Crippen LogP contribution in [0.5, 0.6) is 5.88 Å². The zero-order valence-electron chi connectivity index (χ0n) is 14.9. The maximum absolute atomic E-state index is 12.2. The third-order valence-corrected chi connectivity index (χ3v) is 4.68. The molecule has 0 atom stereocenters. The molecular formula is C19H22N4O2S. The zero-order chi connectivity index (χ0) is 18.6. The highest BCUT2D eigenvalue weighted by molar-refractivity contribution is 7.80. The van der Waals surface area contributed by atoms with Gasteiger partial charge in [0, 0.05) is 24.3 Å². The predicted molar refractivity (Wildman–Crippen MR) is 107 cm³/mol. The minimum Gasteiger partial charge on any atom is -0.391 e. The number of amides is 1. The van der Waals surface area contributed by atoms with Crippen molar-refractivity contribution < 1.29 is 9.53 Å². The number of para-hydroxylation sites is 1. The van der Waals surface area contributed by atoms with E-state index in [1.807, 2.05) is 30.3 Å². The van der Waals surface area contributed by atoms with Gasteiger partial charge in [-0.2, -0.15) is 0 Å². The summed E-state index contributed by atoms with van der Waals surface area (Å²) in [4.78, 5) is 17.8. The number of carbonyl (C=O) groups is 1. The highest BCUT2D eigenvalue weighted by Crippen LogP contribution is 2.30. The Balaban J connectivity index is 1.54. The largest absolute Gasteiger partial charge is 0.420 e. The van der Waals surface area contributed by atoms with Crippen molar-refractivity contribution in [3.8, 4) is 5.88 Å². The third-order valence-electron chi connectivity index (χ3n) is 4.48. The Bertz CT molecular complexity index is 776. The Kier molecular flexibility index (Phi) is 5.37. The average Bonchev–Trinajstić information content (AvgIpc) is 2.62. The minimum atomic E-state index is -0.500. The number of nitrogens with one attached hydrogen (secondary N) is 2. The molecule has 2 aromatic rings. The Morgan fingerprint density at radius 2 is 1.96 bits per heavy atom. The van der Waals surface area contributed by atoms with E-state index in [1.165, 1.54) is 11.3 Å². The fraction of sp³-hybridized carbons (Fsp3) is 0.316. The summed E-state index contributed by atoms with van der Waals surface area (Å²) in [6.45, 7) is 2.16. The number of benzene rings is 1. The molecule has 1 aliphatic carbocycles. The molecule has 1 aromatic carbocycles. The molecule has 136 valence electrons. The van der Waals surface area contributed by atoms with Gasteiger partial charge in [0.15, 0.2) is 5.11 Å². The van der Waals surface area contributed by atoms with Crippen molar-refractivity contribution in [3.05, 3.63) is 48.7 Å². The second-order valence-electron chi connectivity index (χ2n) is 6.64. The summed E-state index contributed by atoms with van der Waals surface area (Å²) in [6, 6.07) is 12.7. The van der Waals surface area contributed by atoms with Gasteiger partial charge in [-0.15, -0.1) is 0 Å². The van der Waals surface area contributed by atoms with Crippen molar-refractivity contribution in [3.63, 3.8) is 0 Å². The molecule has 0 radical (unpaired) electrons. The normalized spacial score (nSPS) is 14.7. The van der Waals surface area contributed by atoms with Crippen molar-refractivity contribution in [1.29, 1.82) is 0 Å². The summed E-state index contributed by atoms with van der Waals surface area (Å²) >= 11 is 5.33. The molecule has 26 heavy (non-hydrogen) atoms. The van der Waals surface area contributed by atoms with Crippen LogP contribution < -0.4 is 20.3 Å². The zero-order valence-corrected chi connectivity index (χ0v) is 15.7. The topological polar surface area (TPSA) is 66.5 Å². The third kappa shape index (κ3) is 4.49. The number of pyridine rings is 1. The van der Waals surface area contributed by atoms with E-state index in [1.54, 1.807) is 25.4 Å². The van der Waals surface area contributed by atoms with E-state index in [0.29, 0.717) is 5.11 Å². The maximum atomic E-state index is 12.2. The lowest BCUT2D eigenvalue weighted by atomic mass is 9.79. The Morgan fingerprint density at radius 1 is 1.23 bits per heavy atom. The van der Waals surface area contributed by atoms with Crippen LogP contribution in [0.3, 0.4) is 0 Å². The van der Waals surface area contributed by atoms with Gasteiger partial charge < -0.3 is 15.4 Å². The Morgan fingerprint density at radius 3 is 2.54 bits per heavy atom. The van der Waals surface area contributed by atoms with E-state index >= 15 is 0 Å². The molecule has 0 saturated heterocycles. The van der Waals surface area contributed by atoms with Crippen molar-refractivity contribution in [2.24, 2.45) is 0 Å². The van der Waals surface area contributed by atoms with Crippen LogP contribution in [-0.4, -0.2) is 28.8 Å². The molecule has 1 aromatic heterocycles. The molecule has 3 rings (SSSR count). The number of aromatic nitrogens is 1. The molecule has 0 unspecified atom stereocenters. The summed E-state index contributed by atoms with van der Waals surface area (Å²) in [5, 5.41) is 7.00. The Labute approximate surface area is 158 Å². The average molecular weight is 370 g/mol. The highest BCUT2D eigenvalue weighted by atomic mass is 32.1. The lowest BCUT2D eigenvalue weighted by Crippen LogP contribution is -2.52. The van der Waals surface area contributed by atoms with Crippen LogP contribution in [0.2, 0.25) is 0 Å². The van der Waals surface area contributed by atoms with E-state index in [4.69, 9.17) is 17.0 Å². The van der Waals surface area contributed by atoms with Gasteiger partial charge in [-0.05, 0) is 56.6 Å². The summed E-state index contributed by atoms with van der Waals surface area (Å²) < 4.78 is 5.30. The van der Waals surface area contributed by atoms with Gasteiger partial charge in [0.05, 0.1) is 11.9 Å². The van der Waals surface area contributed by atoms with Gasteiger partial charge >= 0.3 is 6.09 Å². The first-order valence-electron chi connectivity index (χ1n) is 8.51. The Hall–Kier alpha value is -2.67. The molecule has 1 saturated carbocycles. The van der Waals surface area contributed by atoms with Crippen LogP contribution in [-0.2, 0) is 0 Å². The summed E-state index contributed by atoms with van der Waals surface area (Å²) in [5.74, 6) is 0.230. The quantitative estimate of drug-likeness (QED) is 0.795. The number of hydrogen-bond donors (Lipinski definition) is 2. The summed E-state index contributed by atoms with van der Waals surface area (Å²) in [5.41, 5.74) is 1.58. The number of hydrogen-bond acceptors (Lipinski definition) is 4. The van der Waals surface area contributed by atoms with E-state index in [2.05, 4.69) is 22.5 Å². The maximum Gasteiger partial charge on any atom is 0.420 e. The van der Waals surface area contributed by atoms with Gasteiger partial charge in [0.2, 0.25) is 5.88 Å². The first kappa shape index (κ1) is 18.1. The van der Waals surface area contributed by atoms with Crippen LogP contribution in [0.1, 0.15) is 26.2 Å². The first-order valence-corrected chi connectivity index (χ1v) is 8.92. The second kappa shape index (κ2) is 7.70. The summed E-state index contributed by atoms with van der Waals surface area (Å²) in [6.07, 6.45) is 4.56. The molecule has 0 bridgehead atoms. The number of rotatable bonds is 4. The van der Waals surface area contributed by atoms with Crippen molar-refractivity contribution in [1.82, 2.24) is 10.3 Å². The fourth-order valence-corrected chi connectivity index (χ4v) is 3.06.